The van der Waals surface area contributed by atoms with Gasteiger partial charge in [-0.05, 0) is 180 Å². The first-order valence-corrected chi connectivity index (χ1v) is 55.6. The molecule has 9 unspecified atom stereocenters. The van der Waals surface area contributed by atoms with E-state index in [0.717, 1.165) is 140 Å². The second-order valence-corrected chi connectivity index (χ2v) is 44.8. The van der Waals surface area contributed by atoms with Crippen molar-refractivity contribution in [3.05, 3.63) is 0 Å². The second kappa shape index (κ2) is 72.5. The van der Waals surface area contributed by atoms with Crippen LogP contribution in [0.1, 0.15) is 391 Å². The van der Waals surface area contributed by atoms with E-state index in [4.69, 9.17) is 85.3 Å². The van der Waals surface area contributed by atoms with Gasteiger partial charge in [-0.1, -0.05) is 282 Å². The number of rotatable bonds is 54. The number of ether oxygens (including phenoxy) is 18. The van der Waals surface area contributed by atoms with Gasteiger partial charge in [0, 0.05) is 118 Å². The van der Waals surface area contributed by atoms with Crippen molar-refractivity contribution in [2.75, 3.05) is 204 Å². The molecule has 0 radical (unpaired) electrons. The fraction of sp³-hybridized carbons (Fsp3) is 1.00. The SMILES string of the molecule is CCC(C)C(COC)(COC)COC1C2CC3CC(C2)CC1C3.CCC(C)C(COC)(COC)COC1CC2CCC1C2.CCC(C)C(COC)(COC)COC1CCCCCC1.CCC(C)C(COC)(COC)COC1CCCCCCC1.CCC(C)C(COC)(COC)COC1CCCCCCCCC1.CCC(C)C(COC)(COC)COC1CCCCCCCCCCC1. The lowest BCUT2D eigenvalue weighted by atomic mass is 9.55. The minimum Gasteiger partial charge on any atom is -0.384 e. The van der Waals surface area contributed by atoms with Crippen LogP contribution in [0.2, 0.25) is 0 Å². The highest BCUT2D eigenvalue weighted by molar-refractivity contribution is 5.01. The highest BCUT2D eigenvalue weighted by Crippen LogP contribution is 2.56. The smallest absolute Gasteiger partial charge is 0.0632 e. The fourth-order valence-corrected chi connectivity index (χ4v) is 24.8. The Hall–Kier alpha value is -0.720. The molecule has 0 saturated heterocycles. The van der Waals surface area contributed by atoms with E-state index in [9.17, 15) is 0 Å². The molecule has 786 valence electrons. The lowest BCUT2D eigenvalue weighted by molar-refractivity contribution is -0.165. The van der Waals surface area contributed by atoms with Crippen LogP contribution in [0.4, 0.5) is 0 Å². The summed E-state index contributed by atoms with van der Waals surface area (Å²) in [5.41, 5.74) is -0.0757. The summed E-state index contributed by atoms with van der Waals surface area (Å²) in [7, 11) is 21.4. The highest BCUT2D eigenvalue weighted by atomic mass is 16.5. The summed E-state index contributed by atoms with van der Waals surface area (Å²) >= 11 is 0. The van der Waals surface area contributed by atoms with Gasteiger partial charge < -0.3 is 85.3 Å². The van der Waals surface area contributed by atoms with Crippen LogP contribution in [-0.2, 0) is 85.3 Å². The average Bonchev–Trinajstić information content (AvgIpc) is 1.04. The van der Waals surface area contributed by atoms with Crippen LogP contribution in [0.25, 0.3) is 0 Å². The van der Waals surface area contributed by atoms with Crippen molar-refractivity contribution in [3.8, 4) is 0 Å². The molecular formula is C114H222O18. The zero-order valence-electron chi connectivity index (χ0n) is 91.4. The van der Waals surface area contributed by atoms with Gasteiger partial charge in [0.2, 0.25) is 0 Å². The van der Waals surface area contributed by atoms with Crippen molar-refractivity contribution in [2.24, 2.45) is 104 Å². The van der Waals surface area contributed by atoms with Crippen LogP contribution in [0.15, 0.2) is 0 Å². The third-order valence-electron chi connectivity index (χ3n) is 35.0. The van der Waals surface area contributed by atoms with Crippen molar-refractivity contribution in [2.45, 2.75) is 428 Å². The topological polar surface area (TPSA) is 166 Å². The van der Waals surface area contributed by atoms with Crippen molar-refractivity contribution in [3.63, 3.8) is 0 Å². The van der Waals surface area contributed by atoms with E-state index in [-0.39, 0.29) is 32.5 Å². The Kier molecular flexibility index (Phi) is 67.9. The molecule has 132 heavy (non-hydrogen) atoms. The molecular weight excluding hydrogens is 1660 g/mol. The molecule has 0 aliphatic heterocycles. The van der Waals surface area contributed by atoms with E-state index in [0.29, 0.717) is 125 Å². The number of hydrogen-bond acceptors (Lipinski definition) is 18. The van der Waals surface area contributed by atoms with Gasteiger partial charge in [0.05, 0.1) is 156 Å². The number of hydrogen-bond donors (Lipinski definition) is 0. The van der Waals surface area contributed by atoms with E-state index >= 15 is 0 Å². The van der Waals surface area contributed by atoms with Gasteiger partial charge >= 0.3 is 0 Å². The maximum Gasteiger partial charge on any atom is 0.0632 e. The normalized spacial score (nSPS) is 24.8. The molecule has 10 aliphatic carbocycles. The van der Waals surface area contributed by atoms with Gasteiger partial charge in [0.25, 0.3) is 0 Å². The highest BCUT2D eigenvalue weighted by Gasteiger charge is 2.51. The molecule has 0 heterocycles. The Labute approximate surface area is 816 Å². The molecule has 0 amide bonds. The van der Waals surface area contributed by atoms with Gasteiger partial charge in [-0.3, -0.25) is 0 Å². The molecule has 6 bridgehead atoms. The average molecular weight is 1880 g/mol. The van der Waals surface area contributed by atoms with Crippen LogP contribution in [0, 0.1) is 104 Å². The summed E-state index contributed by atoms with van der Waals surface area (Å²) in [6.45, 7) is 40.4. The van der Waals surface area contributed by atoms with Crippen LogP contribution >= 0.6 is 0 Å². The number of methoxy groups -OCH3 is 12. The van der Waals surface area contributed by atoms with Crippen molar-refractivity contribution in [1.29, 1.82) is 0 Å². The molecule has 10 aliphatic rings. The van der Waals surface area contributed by atoms with E-state index in [2.05, 4.69) is 83.1 Å². The van der Waals surface area contributed by atoms with Crippen LogP contribution < -0.4 is 0 Å². The Bertz CT molecular complexity index is 2550. The Morgan fingerprint density at radius 2 is 0.364 bits per heavy atom. The Balaban J connectivity index is 0.000000332. The summed E-state index contributed by atoms with van der Waals surface area (Å²) in [5.74, 6) is 8.63. The summed E-state index contributed by atoms with van der Waals surface area (Å²) in [6, 6.07) is 0. The molecule has 0 aromatic heterocycles. The molecule has 18 nitrogen and oxygen atoms in total. The first-order chi connectivity index (χ1) is 64.0. The maximum atomic E-state index is 6.65. The molecule has 0 aromatic carbocycles. The summed E-state index contributed by atoms with van der Waals surface area (Å²) in [6.07, 6.45) is 66.0. The van der Waals surface area contributed by atoms with Crippen LogP contribution in [0.5, 0.6) is 0 Å². The first kappa shape index (κ1) is 124. The molecule has 0 spiro atoms. The minimum absolute atomic E-state index is 0.0000831. The van der Waals surface area contributed by atoms with Crippen molar-refractivity contribution < 1.29 is 85.3 Å². The third-order valence-corrected chi connectivity index (χ3v) is 35.0. The largest absolute Gasteiger partial charge is 0.384 e. The summed E-state index contributed by atoms with van der Waals surface area (Å²) in [4.78, 5) is 0. The molecule has 0 N–H and O–H groups in total. The molecule has 10 fully saturated rings. The molecule has 10 rings (SSSR count). The summed E-state index contributed by atoms with van der Waals surface area (Å²) in [5, 5.41) is 0. The molecule has 9 atom stereocenters. The second-order valence-electron chi connectivity index (χ2n) is 44.8. The predicted molar refractivity (Wildman–Crippen MR) is 547 cm³/mol. The fourth-order valence-electron chi connectivity index (χ4n) is 24.8. The first-order valence-electron chi connectivity index (χ1n) is 55.6. The zero-order chi connectivity index (χ0) is 96.8. The molecule has 10 saturated carbocycles. The molecule has 18 heteroatoms. The van der Waals surface area contributed by atoms with Gasteiger partial charge in [-0.25, -0.2) is 0 Å². The van der Waals surface area contributed by atoms with E-state index in [1.54, 1.807) is 85.3 Å². The summed E-state index contributed by atoms with van der Waals surface area (Å²) < 4.78 is 105. The van der Waals surface area contributed by atoms with E-state index < -0.39 is 0 Å². The zero-order valence-corrected chi connectivity index (χ0v) is 91.4. The van der Waals surface area contributed by atoms with Gasteiger partial charge in [-0.15, -0.1) is 0 Å². The van der Waals surface area contributed by atoms with Crippen LogP contribution in [0.3, 0.4) is 0 Å². The van der Waals surface area contributed by atoms with Gasteiger partial charge in [0.1, 0.15) is 0 Å². The lowest BCUT2D eigenvalue weighted by Gasteiger charge is -2.54. The minimum atomic E-state index is -0.0259. The Morgan fingerprint density at radius 3 is 0.538 bits per heavy atom. The van der Waals surface area contributed by atoms with Crippen LogP contribution in [-0.4, -0.2) is 241 Å². The lowest BCUT2D eigenvalue weighted by Crippen LogP contribution is -2.51. The predicted octanol–water partition coefficient (Wildman–Crippen LogP) is 27.4. The molecule has 0 aromatic rings. The van der Waals surface area contributed by atoms with Crippen molar-refractivity contribution >= 4 is 0 Å². The third kappa shape index (κ3) is 43.4. The van der Waals surface area contributed by atoms with Crippen molar-refractivity contribution in [1.82, 2.24) is 0 Å². The van der Waals surface area contributed by atoms with Gasteiger partial charge in [0.15, 0.2) is 0 Å². The monoisotopic (exact) mass is 1880 g/mol. The van der Waals surface area contributed by atoms with E-state index in [1.807, 2.05) is 0 Å². The van der Waals surface area contributed by atoms with Gasteiger partial charge in [-0.2, -0.15) is 0 Å². The maximum absolute atomic E-state index is 6.65. The van der Waals surface area contributed by atoms with E-state index in [1.165, 1.54) is 270 Å². The quantitative estimate of drug-likeness (QED) is 0.0527. The number of fused-ring (bicyclic) bond motifs is 2. The standard InChI is InChI=1S/C22H44O3.C20H36O3.C20H40O3.C18H36O3.C17H32O3.C17H34O3/c1-5-20(2)22(17-23-3,18-24-4)19-25-21-15-13-11-9-7-6-8-10-12-14-16-21;1-5-14(2)20(11-21-3,12-22-4)13-23-19-17-7-15-6-16(9-17)10-18(19)8-15;1-5-18(2)20(15-21-3,16-22-4)17-23-19-13-11-9-7-6-8-10-12-14-19;1-5-16(2)18(13-19-3,14-20-4)15-21-17-11-9-7-6-8-10-12-17;1-5-13(2)17(10-18-3,11-19-4)12-20-16-9-14-6-7-15(16)8-14;1-5-15(2)17(12-18-3,13-19-4)14-20-16-10-8-6-7-9-11-16/h20-21H,5-19H2,1-4H3;14-19H,5-13H2,1-4H3;18-19H,5-17H2,1-4H3;16-17H,5-15H2,1-4H3;13-16H,5-12H2,1-4H3;15-16H,5-14H2,1-4H3. The Morgan fingerprint density at radius 1 is 0.182 bits per heavy atom.